The van der Waals surface area contributed by atoms with Crippen LogP contribution < -0.4 is 0 Å². The minimum absolute atomic E-state index is 0.813. The van der Waals surface area contributed by atoms with Gasteiger partial charge in [-0.25, -0.2) is 9.97 Å². The Labute approximate surface area is 71.9 Å². The number of hydrogen-bond donors (Lipinski definition) is 0. The first-order valence-corrected chi connectivity index (χ1v) is 3.77. The fourth-order valence-electron chi connectivity index (χ4n) is 0.822. The van der Waals surface area contributed by atoms with Gasteiger partial charge in [0.25, 0.3) is 0 Å². The van der Waals surface area contributed by atoms with Crippen LogP contribution in [0, 0.1) is 0 Å². The number of rotatable bonds is 0. The normalized spacial score (nSPS) is 10.5. The summed E-state index contributed by atoms with van der Waals surface area (Å²) in [6.45, 7) is 0. The van der Waals surface area contributed by atoms with E-state index >= 15 is 0 Å². The van der Waals surface area contributed by atoms with Crippen LogP contribution in [0.15, 0.2) is 24.8 Å². The second-order valence-electron chi connectivity index (χ2n) is 1.94. The molecule has 2 rings (SSSR count). The van der Waals surface area contributed by atoms with Gasteiger partial charge in [0.1, 0.15) is 6.33 Å². The van der Waals surface area contributed by atoms with Gasteiger partial charge < -0.3 is 0 Å². The summed E-state index contributed by atoms with van der Waals surface area (Å²) in [6.07, 6.45) is 5.47. The summed E-state index contributed by atoms with van der Waals surface area (Å²) < 4.78 is 1.88. The van der Waals surface area contributed by atoms with Crippen LogP contribution in [0.1, 0.15) is 0 Å². The van der Waals surface area contributed by atoms with E-state index in [0.717, 1.165) is 11.4 Å². The topological polar surface area (TPSA) is 30.7 Å². The molecule has 0 amide bonds. The molecule has 4 heteroatoms. The molecule has 0 aromatic rings. The van der Waals surface area contributed by atoms with Crippen molar-refractivity contribution in [2.24, 2.45) is 0 Å². The second kappa shape index (κ2) is 2.19. The van der Waals surface area contributed by atoms with E-state index in [1.165, 1.54) is 0 Å². The SMILES string of the molecule is In1cnc2nccc-2c1. The van der Waals surface area contributed by atoms with Crippen molar-refractivity contribution in [3.05, 3.63) is 24.8 Å². The number of aromatic nitrogens is 3. The first-order chi connectivity index (χ1) is 4.86. The monoisotopic (exact) mass is 245 g/mol. The largest absolute Gasteiger partial charge is 0.279 e. The summed E-state index contributed by atoms with van der Waals surface area (Å²) in [5, 5.41) is 0. The van der Waals surface area contributed by atoms with E-state index in [4.69, 9.17) is 0 Å². The van der Waals surface area contributed by atoms with Crippen LogP contribution in [0.4, 0.5) is 0 Å². The van der Waals surface area contributed by atoms with Gasteiger partial charge in [-0.15, -0.1) is 0 Å². The van der Waals surface area contributed by atoms with Gasteiger partial charge in [-0.1, -0.05) is 0 Å². The lowest BCUT2D eigenvalue weighted by Gasteiger charge is -1.96. The van der Waals surface area contributed by atoms with E-state index < -0.39 is 0 Å². The molecule has 0 spiro atoms. The lowest BCUT2D eigenvalue weighted by Crippen LogP contribution is -1.88. The first kappa shape index (κ1) is 6.09. The Bertz CT molecular complexity index is 317. The predicted molar refractivity (Wildman–Crippen MR) is 46.1 cm³/mol. The number of nitrogens with zero attached hydrogens (tertiary/aromatic N) is 3. The van der Waals surface area contributed by atoms with E-state index in [1.807, 2.05) is 15.0 Å². The van der Waals surface area contributed by atoms with Crippen molar-refractivity contribution in [2.75, 3.05) is 0 Å². The third kappa shape index (κ3) is 0.880. The van der Waals surface area contributed by atoms with Crippen molar-refractivity contribution in [2.45, 2.75) is 0 Å². The molecule has 0 radical (unpaired) electrons. The molecule has 0 unspecified atom stereocenters. The van der Waals surface area contributed by atoms with Crippen LogP contribution in [0.25, 0.3) is 11.4 Å². The third-order valence-corrected chi connectivity index (χ3v) is 1.79. The minimum atomic E-state index is 0.813. The molecule has 10 heavy (non-hydrogen) atoms. The molecular weight excluding hydrogens is 241 g/mol. The number of hydrogen-bond acceptors (Lipinski definition) is 2. The maximum atomic E-state index is 4.09. The van der Waals surface area contributed by atoms with Crippen LogP contribution >= 0.6 is 22.9 Å². The smallest absolute Gasteiger partial charge is 0.162 e. The fourth-order valence-corrected chi connectivity index (χ4v) is 1.25. The molecule has 0 atom stereocenters. The quantitative estimate of drug-likeness (QED) is 0.659. The molecule has 2 aliphatic heterocycles. The summed E-state index contributed by atoms with van der Waals surface area (Å²) in [5.41, 5.74) is 1.08. The second-order valence-corrected chi connectivity index (χ2v) is 3.06. The average molecular weight is 245 g/mol. The molecule has 3 nitrogen and oxygen atoms in total. The van der Waals surface area contributed by atoms with Crippen molar-refractivity contribution in [1.82, 2.24) is 12.7 Å². The Morgan fingerprint density at radius 3 is 3.20 bits per heavy atom. The molecular formula is C6H4IN3. The summed E-state index contributed by atoms with van der Waals surface area (Å²) in [5.74, 6) is 0.813. The zero-order valence-electron chi connectivity index (χ0n) is 5.03. The Hall–Kier alpha value is -0.650. The third-order valence-electron chi connectivity index (χ3n) is 1.26. The van der Waals surface area contributed by atoms with Gasteiger partial charge in [0.15, 0.2) is 5.82 Å². The molecule has 0 bridgehead atoms. The van der Waals surface area contributed by atoms with Crippen molar-refractivity contribution in [3.8, 4) is 11.4 Å². The molecule has 50 valence electrons. The van der Waals surface area contributed by atoms with E-state index in [9.17, 15) is 0 Å². The van der Waals surface area contributed by atoms with E-state index in [0.29, 0.717) is 0 Å². The maximum Gasteiger partial charge on any atom is 0.162 e. The van der Waals surface area contributed by atoms with Gasteiger partial charge in [0, 0.05) is 18.0 Å². The van der Waals surface area contributed by atoms with Gasteiger partial charge in [-0.2, -0.15) is 0 Å². The predicted octanol–water partition coefficient (Wildman–Crippen LogP) is 1.58. The van der Waals surface area contributed by atoms with Crippen LogP contribution in [0.2, 0.25) is 0 Å². The van der Waals surface area contributed by atoms with Crippen LogP contribution in [-0.2, 0) is 0 Å². The van der Waals surface area contributed by atoms with Gasteiger partial charge in [0.2, 0.25) is 0 Å². The Balaban J connectivity index is 2.75. The zero-order chi connectivity index (χ0) is 6.97. The molecule has 0 aromatic carbocycles. The van der Waals surface area contributed by atoms with E-state index in [1.54, 1.807) is 12.5 Å². The fraction of sp³-hybridized carbons (Fsp3) is 0. The summed E-state index contributed by atoms with van der Waals surface area (Å²) in [6, 6.07) is 1.94. The molecule has 0 saturated heterocycles. The van der Waals surface area contributed by atoms with E-state index in [-0.39, 0.29) is 0 Å². The molecule has 0 aliphatic carbocycles. The van der Waals surface area contributed by atoms with Gasteiger partial charge >= 0.3 is 0 Å². The number of fused-ring (bicyclic) bond motifs is 1. The highest BCUT2D eigenvalue weighted by molar-refractivity contribution is 14.1. The lowest BCUT2D eigenvalue weighted by atomic mass is 10.3. The maximum absolute atomic E-state index is 4.09. The Kier molecular flexibility index (Phi) is 1.33. The molecule has 0 aromatic heterocycles. The van der Waals surface area contributed by atoms with E-state index in [2.05, 4.69) is 32.8 Å². The average Bonchev–Trinajstić information content (AvgIpc) is 2.33. The lowest BCUT2D eigenvalue weighted by molar-refractivity contribution is 1.11. The molecule has 0 N–H and O–H groups in total. The van der Waals surface area contributed by atoms with Crippen molar-refractivity contribution < 1.29 is 0 Å². The first-order valence-electron chi connectivity index (χ1n) is 2.81. The van der Waals surface area contributed by atoms with Crippen LogP contribution in [0.3, 0.4) is 0 Å². The Morgan fingerprint density at radius 2 is 2.30 bits per heavy atom. The summed E-state index contributed by atoms with van der Waals surface area (Å²) in [7, 11) is 0. The minimum Gasteiger partial charge on any atom is -0.279 e. The van der Waals surface area contributed by atoms with Crippen LogP contribution in [-0.4, -0.2) is 12.7 Å². The van der Waals surface area contributed by atoms with Crippen molar-refractivity contribution in [1.29, 1.82) is 0 Å². The van der Waals surface area contributed by atoms with Crippen molar-refractivity contribution >= 4 is 22.9 Å². The van der Waals surface area contributed by atoms with Gasteiger partial charge in [0.05, 0.1) is 22.9 Å². The number of halogens is 1. The zero-order valence-corrected chi connectivity index (χ0v) is 7.19. The van der Waals surface area contributed by atoms with Crippen molar-refractivity contribution in [3.63, 3.8) is 0 Å². The highest BCUT2D eigenvalue weighted by Gasteiger charge is 2.02. The highest BCUT2D eigenvalue weighted by Crippen LogP contribution is 2.15. The van der Waals surface area contributed by atoms with Crippen LogP contribution in [0.5, 0.6) is 0 Å². The molecule has 0 fully saturated rings. The Morgan fingerprint density at radius 1 is 1.40 bits per heavy atom. The van der Waals surface area contributed by atoms with Gasteiger partial charge in [-0.3, -0.25) is 2.78 Å². The standard InChI is InChI=1S/C6H4IN3/c7-10-3-5-1-2-8-6(5)9-4-10/h1-4H. The molecule has 2 heterocycles. The summed E-state index contributed by atoms with van der Waals surface area (Å²) in [4.78, 5) is 8.12. The molecule has 2 aliphatic rings. The summed E-state index contributed by atoms with van der Waals surface area (Å²) >= 11 is 2.15. The van der Waals surface area contributed by atoms with Gasteiger partial charge in [-0.05, 0) is 6.07 Å². The highest BCUT2D eigenvalue weighted by atomic mass is 127. The molecule has 0 saturated carbocycles.